The van der Waals surface area contributed by atoms with Crippen LogP contribution in [0.3, 0.4) is 0 Å². The van der Waals surface area contributed by atoms with E-state index in [-0.39, 0.29) is 12.1 Å². The molecule has 3 heterocycles. The van der Waals surface area contributed by atoms with Crippen LogP contribution < -0.4 is 10.2 Å². The summed E-state index contributed by atoms with van der Waals surface area (Å²) in [5, 5.41) is 4.93. The highest BCUT2D eigenvalue weighted by molar-refractivity contribution is 7.80. The Morgan fingerprint density at radius 3 is 2.24 bits per heavy atom. The Balaban J connectivity index is 1.69. The summed E-state index contributed by atoms with van der Waals surface area (Å²) >= 11 is 12.1. The summed E-state index contributed by atoms with van der Waals surface area (Å²) in [6.07, 6.45) is 1.83. The molecule has 6 heteroatoms. The molecule has 5 rings (SSSR count). The number of aryl methyl sites for hydroxylation is 3. The van der Waals surface area contributed by atoms with Crippen LogP contribution in [0.25, 0.3) is 5.69 Å². The van der Waals surface area contributed by atoms with Gasteiger partial charge in [0.15, 0.2) is 5.11 Å². The van der Waals surface area contributed by atoms with Crippen molar-refractivity contribution in [2.24, 2.45) is 0 Å². The first-order valence-electron chi connectivity index (χ1n) is 11.4. The van der Waals surface area contributed by atoms with Crippen LogP contribution in [0.1, 0.15) is 45.9 Å². The van der Waals surface area contributed by atoms with E-state index >= 15 is 0 Å². The molecular weight excluding hydrogens is 460 g/mol. The van der Waals surface area contributed by atoms with Crippen LogP contribution in [0.5, 0.6) is 0 Å². The summed E-state index contributed by atoms with van der Waals surface area (Å²) < 4.78 is 2.34. The lowest BCUT2D eigenvalue weighted by molar-refractivity contribution is 0.565. The summed E-state index contributed by atoms with van der Waals surface area (Å²) in [6, 6.07) is 22.7. The number of hydrogen-bond donors (Lipinski definition) is 1. The number of pyridine rings is 1. The van der Waals surface area contributed by atoms with Crippen LogP contribution in [0.2, 0.25) is 5.02 Å². The van der Waals surface area contributed by atoms with Gasteiger partial charge in [0.2, 0.25) is 0 Å². The lowest BCUT2D eigenvalue weighted by atomic mass is 9.96. The van der Waals surface area contributed by atoms with Gasteiger partial charge in [-0.1, -0.05) is 23.7 Å². The first-order valence-corrected chi connectivity index (χ1v) is 12.2. The Labute approximate surface area is 211 Å². The smallest absolute Gasteiger partial charge is 0.174 e. The van der Waals surface area contributed by atoms with Gasteiger partial charge in [-0.25, -0.2) is 0 Å². The fourth-order valence-electron chi connectivity index (χ4n) is 5.11. The largest absolute Gasteiger partial charge is 0.351 e. The number of benzene rings is 2. The first kappa shape index (κ1) is 22.6. The molecular formula is C28H27ClN4S. The first-order chi connectivity index (χ1) is 16.3. The molecule has 1 aliphatic rings. The minimum Gasteiger partial charge on any atom is -0.351 e. The Kier molecular flexibility index (Phi) is 5.92. The van der Waals surface area contributed by atoms with E-state index < -0.39 is 0 Å². The lowest BCUT2D eigenvalue weighted by Crippen LogP contribution is -2.29. The number of anilines is 1. The number of halogens is 1. The average Bonchev–Trinajstić information content (AvgIpc) is 3.29. The van der Waals surface area contributed by atoms with Crippen LogP contribution in [-0.2, 0) is 0 Å². The molecule has 0 aliphatic carbocycles. The number of hydrogen-bond acceptors (Lipinski definition) is 2. The van der Waals surface area contributed by atoms with E-state index in [0.29, 0.717) is 10.1 Å². The van der Waals surface area contributed by atoms with Gasteiger partial charge in [-0.15, -0.1) is 0 Å². The van der Waals surface area contributed by atoms with Crippen molar-refractivity contribution in [3.05, 3.63) is 112 Å². The summed E-state index contributed by atoms with van der Waals surface area (Å²) in [5.41, 5.74) is 9.24. The van der Waals surface area contributed by atoms with Gasteiger partial charge >= 0.3 is 0 Å². The molecule has 0 spiro atoms. The second-order valence-corrected chi connectivity index (χ2v) is 9.80. The normalized spacial score (nSPS) is 17.8. The van der Waals surface area contributed by atoms with Crippen molar-refractivity contribution < 1.29 is 0 Å². The number of aromatic nitrogens is 2. The van der Waals surface area contributed by atoms with Crippen molar-refractivity contribution in [1.29, 1.82) is 0 Å². The van der Waals surface area contributed by atoms with Gasteiger partial charge in [0.1, 0.15) is 0 Å². The third kappa shape index (κ3) is 3.99. The molecule has 4 aromatic rings. The zero-order valence-electron chi connectivity index (χ0n) is 19.7. The molecule has 2 aromatic carbocycles. The zero-order valence-corrected chi connectivity index (χ0v) is 21.3. The molecule has 1 aliphatic heterocycles. The topological polar surface area (TPSA) is 33.1 Å². The van der Waals surface area contributed by atoms with Crippen molar-refractivity contribution in [1.82, 2.24) is 14.9 Å². The molecule has 4 nitrogen and oxygen atoms in total. The standard InChI is InChI=1S/C28H27ClN4S/c1-17-13-18(2)15-23(14-17)32-19(3)16-24(20(32)4)27-26(25-7-5-6-12-30-25)31-28(34)33(27)22-10-8-21(29)9-11-22/h5-16,26-27H,1-4H3,(H,31,34). The Morgan fingerprint density at radius 2 is 1.59 bits per heavy atom. The van der Waals surface area contributed by atoms with Gasteiger partial charge in [-0.05, 0) is 111 Å². The summed E-state index contributed by atoms with van der Waals surface area (Å²) in [5.74, 6) is 0. The van der Waals surface area contributed by atoms with E-state index in [4.69, 9.17) is 23.8 Å². The SMILES string of the molecule is Cc1cc(C)cc(-n2c(C)cc(C3C(c4ccccn4)NC(=S)N3c3ccc(Cl)cc3)c2C)c1. The fourth-order valence-corrected chi connectivity index (χ4v) is 5.59. The van der Waals surface area contributed by atoms with E-state index in [9.17, 15) is 0 Å². The third-order valence-corrected chi connectivity index (χ3v) is 7.02. The van der Waals surface area contributed by atoms with E-state index in [1.165, 1.54) is 33.8 Å². The minimum absolute atomic E-state index is 0.0607. The van der Waals surface area contributed by atoms with E-state index in [0.717, 1.165) is 11.4 Å². The van der Waals surface area contributed by atoms with Crippen LogP contribution in [0.15, 0.2) is 72.9 Å². The van der Waals surface area contributed by atoms with Gasteiger partial charge in [0.25, 0.3) is 0 Å². The molecule has 34 heavy (non-hydrogen) atoms. The van der Waals surface area contributed by atoms with Gasteiger partial charge in [0, 0.05) is 34.0 Å². The maximum Gasteiger partial charge on any atom is 0.174 e. The summed E-state index contributed by atoms with van der Waals surface area (Å²) in [4.78, 5) is 6.87. The Bertz CT molecular complexity index is 1340. The molecule has 0 radical (unpaired) electrons. The minimum atomic E-state index is -0.0856. The predicted molar refractivity (Wildman–Crippen MR) is 144 cm³/mol. The highest BCUT2D eigenvalue weighted by Gasteiger charge is 2.42. The molecule has 0 saturated carbocycles. The maximum atomic E-state index is 6.20. The summed E-state index contributed by atoms with van der Waals surface area (Å²) in [6.45, 7) is 8.64. The Morgan fingerprint density at radius 1 is 0.882 bits per heavy atom. The lowest BCUT2D eigenvalue weighted by Gasteiger charge is -2.28. The molecule has 2 atom stereocenters. The van der Waals surface area contributed by atoms with Crippen molar-refractivity contribution in [2.75, 3.05) is 4.90 Å². The molecule has 0 amide bonds. The molecule has 172 valence electrons. The highest BCUT2D eigenvalue weighted by atomic mass is 35.5. The number of thiocarbonyl (C=S) groups is 1. The number of nitrogens with zero attached hydrogens (tertiary/aromatic N) is 3. The monoisotopic (exact) mass is 486 g/mol. The fraction of sp³-hybridized carbons (Fsp3) is 0.214. The van der Waals surface area contributed by atoms with Crippen LogP contribution >= 0.6 is 23.8 Å². The third-order valence-electron chi connectivity index (χ3n) is 6.46. The molecule has 2 unspecified atom stereocenters. The van der Waals surface area contributed by atoms with Gasteiger partial charge in [0.05, 0.1) is 17.8 Å². The van der Waals surface area contributed by atoms with E-state index in [1.807, 2.05) is 42.6 Å². The maximum absolute atomic E-state index is 6.20. The molecule has 1 fully saturated rings. The molecule has 0 bridgehead atoms. The van der Waals surface area contributed by atoms with Crippen molar-refractivity contribution in [2.45, 2.75) is 39.8 Å². The second-order valence-electron chi connectivity index (χ2n) is 8.98. The highest BCUT2D eigenvalue weighted by Crippen LogP contribution is 2.44. The van der Waals surface area contributed by atoms with Crippen LogP contribution in [-0.4, -0.2) is 14.7 Å². The Hall–Kier alpha value is -3.15. The number of rotatable bonds is 4. The molecule has 2 aromatic heterocycles. The zero-order chi connectivity index (χ0) is 24.0. The van der Waals surface area contributed by atoms with Crippen molar-refractivity contribution >= 4 is 34.6 Å². The van der Waals surface area contributed by atoms with Crippen molar-refractivity contribution in [3.63, 3.8) is 0 Å². The quantitative estimate of drug-likeness (QED) is 0.317. The predicted octanol–water partition coefficient (Wildman–Crippen LogP) is 6.94. The van der Waals surface area contributed by atoms with Gasteiger partial charge < -0.3 is 14.8 Å². The molecule has 1 saturated heterocycles. The van der Waals surface area contributed by atoms with E-state index in [2.05, 4.69) is 77.8 Å². The van der Waals surface area contributed by atoms with Crippen molar-refractivity contribution in [3.8, 4) is 5.69 Å². The van der Waals surface area contributed by atoms with E-state index in [1.54, 1.807) is 0 Å². The number of nitrogens with one attached hydrogen (secondary N) is 1. The summed E-state index contributed by atoms with van der Waals surface area (Å²) in [7, 11) is 0. The molecule has 1 N–H and O–H groups in total. The van der Waals surface area contributed by atoms with Gasteiger partial charge in [-0.3, -0.25) is 4.98 Å². The van der Waals surface area contributed by atoms with Crippen LogP contribution in [0.4, 0.5) is 5.69 Å². The average molecular weight is 487 g/mol. The van der Waals surface area contributed by atoms with Crippen LogP contribution in [0, 0.1) is 27.7 Å². The second kappa shape index (κ2) is 8.90. The van der Waals surface area contributed by atoms with Gasteiger partial charge in [-0.2, -0.15) is 0 Å².